The Labute approximate surface area is 131 Å². The minimum atomic E-state index is -1.03. The molecule has 0 unspecified atom stereocenters. The van der Waals surface area contributed by atoms with Gasteiger partial charge in [-0.3, -0.25) is 9.59 Å². The minimum Gasteiger partial charge on any atom is -0.318 e. The van der Waals surface area contributed by atoms with Crippen LogP contribution in [0.2, 0.25) is 0 Å². The monoisotopic (exact) mass is 317 g/mol. The maximum atomic E-state index is 13.0. The quantitative estimate of drug-likeness (QED) is 0.518. The molecule has 0 aliphatic rings. The number of benzene rings is 2. The maximum absolute atomic E-state index is 13.0. The fraction of sp³-hybridized carbons (Fsp3) is 0.0625. The highest BCUT2D eigenvalue weighted by molar-refractivity contribution is 6.39. The lowest BCUT2D eigenvalue weighted by molar-refractivity contribution is -0.136. The molecule has 0 atom stereocenters. The first-order valence-electron chi connectivity index (χ1n) is 6.62. The molecular weight excluding hydrogens is 304 g/mol. The summed E-state index contributed by atoms with van der Waals surface area (Å²) in [5.74, 6) is -3.89. The van der Waals surface area contributed by atoms with Crippen LogP contribution in [-0.2, 0) is 9.59 Å². The number of nitrogens with zero attached hydrogens (tertiary/aromatic N) is 1. The van der Waals surface area contributed by atoms with Crippen LogP contribution in [-0.4, -0.2) is 18.0 Å². The van der Waals surface area contributed by atoms with Gasteiger partial charge in [0.2, 0.25) is 0 Å². The van der Waals surface area contributed by atoms with E-state index in [0.717, 1.165) is 23.9 Å². The third-order valence-corrected chi connectivity index (χ3v) is 2.84. The van der Waals surface area contributed by atoms with Gasteiger partial charge in [-0.2, -0.15) is 5.10 Å². The van der Waals surface area contributed by atoms with Crippen molar-refractivity contribution in [2.75, 3.05) is 5.32 Å². The molecule has 0 saturated heterocycles. The summed E-state index contributed by atoms with van der Waals surface area (Å²) in [5.41, 5.74) is 3.73. The molecule has 0 aromatic heterocycles. The summed E-state index contributed by atoms with van der Waals surface area (Å²) in [6, 6.07) is 10.0. The number of amides is 2. The summed E-state index contributed by atoms with van der Waals surface area (Å²) in [6.07, 6.45) is 1.10. The largest absolute Gasteiger partial charge is 0.329 e. The van der Waals surface area contributed by atoms with Gasteiger partial charge < -0.3 is 5.32 Å². The first-order valence-corrected chi connectivity index (χ1v) is 6.62. The van der Waals surface area contributed by atoms with E-state index in [4.69, 9.17) is 0 Å². The zero-order valence-electron chi connectivity index (χ0n) is 12.1. The highest BCUT2D eigenvalue weighted by Crippen LogP contribution is 2.08. The lowest BCUT2D eigenvalue weighted by Crippen LogP contribution is -2.32. The van der Waals surface area contributed by atoms with Gasteiger partial charge in [0, 0.05) is 5.69 Å². The van der Waals surface area contributed by atoms with E-state index in [2.05, 4.69) is 10.4 Å². The Kier molecular flexibility index (Phi) is 5.14. The number of carbonyl (C=O) groups is 2. The van der Waals surface area contributed by atoms with E-state index < -0.39 is 23.4 Å². The number of anilines is 1. The van der Waals surface area contributed by atoms with Crippen LogP contribution in [0, 0.1) is 18.6 Å². The number of carbonyl (C=O) groups excluding carboxylic acids is 2. The number of nitrogens with one attached hydrogen (secondary N) is 2. The number of rotatable bonds is 3. The van der Waals surface area contributed by atoms with Crippen LogP contribution in [0.25, 0.3) is 0 Å². The number of hydrazone groups is 1. The summed E-state index contributed by atoms with van der Waals surface area (Å²) < 4.78 is 25.7. The summed E-state index contributed by atoms with van der Waals surface area (Å²) in [4.78, 5) is 23.2. The van der Waals surface area contributed by atoms with Crippen molar-refractivity contribution in [3.8, 4) is 0 Å². The topological polar surface area (TPSA) is 70.6 Å². The molecule has 118 valence electrons. The Hall–Kier alpha value is -3.09. The Morgan fingerprint density at radius 1 is 1.00 bits per heavy atom. The molecule has 0 heterocycles. The van der Waals surface area contributed by atoms with E-state index in [1.807, 2.05) is 12.3 Å². The molecule has 2 aromatic rings. The molecule has 7 heteroatoms. The third kappa shape index (κ3) is 4.70. The molecule has 2 aromatic carbocycles. The molecule has 0 aliphatic carbocycles. The summed E-state index contributed by atoms with van der Waals surface area (Å²) in [5, 5.41) is 5.91. The van der Waals surface area contributed by atoms with E-state index in [-0.39, 0.29) is 5.56 Å². The van der Waals surface area contributed by atoms with Crippen molar-refractivity contribution in [2.24, 2.45) is 5.10 Å². The van der Waals surface area contributed by atoms with Gasteiger partial charge in [-0.1, -0.05) is 23.8 Å². The van der Waals surface area contributed by atoms with Crippen LogP contribution in [0.15, 0.2) is 47.6 Å². The van der Waals surface area contributed by atoms with Crippen LogP contribution in [0.3, 0.4) is 0 Å². The molecule has 2 N–H and O–H groups in total. The summed E-state index contributed by atoms with van der Waals surface area (Å²) in [6.45, 7) is 1.89. The molecule has 0 spiro atoms. The van der Waals surface area contributed by atoms with Crippen LogP contribution in [0.5, 0.6) is 0 Å². The number of hydrogen-bond acceptors (Lipinski definition) is 3. The molecule has 5 nitrogen and oxygen atoms in total. The van der Waals surface area contributed by atoms with Gasteiger partial charge in [-0.15, -0.1) is 0 Å². The second-order valence-corrected chi connectivity index (χ2v) is 4.69. The van der Waals surface area contributed by atoms with Crippen LogP contribution >= 0.6 is 0 Å². The molecule has 2 amide bonds. The molecule has 0 radical (unpaired) electrons. The van der Waals surface area contributed by atoms with Gasteiger partial charge in [-0.25, -0.2) is 14.2 Å². The molecule has 0 bridgehead atoms. The molecule has 23 heavy (non-hydrogen) atoms. The molecular formula is C16H13F2N3O2. The Bertz CT molecular complexity index is 758. The lowest BCUT2D eigenvalue weighted by atomic mass is 10.2. The zero-order valence-corrected chi connectivity index (χ0v) is 12.1. The Morgan fingerprint density at radius 3 is 2.35 bits per heavy atom. The van der Waals surface area contributed by atoms with Gasteiger partial charge in [-0.05, 0) is 36.8 Å². The van der Waals surface area contributed by atoms with E-state index in [1.54, 1.807) is 24.3 Å². The van der Waals surface area contributed by atoms with Crippen molar-refractivity contribution >= 4 is 23.7 Å². The molecule has 0 aliphatic heterocycles. The van der Waals surface area contributed by atoms with Gasteiger partial charge in [0.25, 0.3) is 0 Å². The third-order valence-electron chi connectivity index (χ3n) is 2.84. The first-order chi connectivity index (χ1) is 11.0. The Morgan fingerprint density at radius 2 is 1.70 bits per heavy atom. The SMILES string of the molecule is Cc1ccc(NC(=O)C(=O)N/N=C\c2ccc(F)c(F)c2)cc1. The van der Waals surface area contributed by atoms with E-state index in [0.29, 0.717) is 5.69 Å². The highest BCUT2D eigenvalue weighted by atomic mass is 19.2. The molecule has 0 saturated carbocycles. The van der Waals surface area contributed by atoms with Gasteiger partial charge >= 0.3 is 11.8 Å². The second-order valence-electron chi connectivity index (χ2n) is 4.69. The molecule has 2 rings (SSSR count). The number of halogens is 2. The van der Waals surface area contributed by atoms with Crippen molar-refractivity contribution in [2.45, 2.75) is 6.92 Å². The Balaban J connectivity index is 1.90. The van der Waals surface area contributed by atoms with Crippen molar-refractivity contribution in [1.82, 2.24) is 5.43 Å². The fourth-order valence-corrected chi connectivity index (χ4v) is 1.63. The van der Waals surface area contributed by atoms with Crippen molar-refractivity contribution < 1.29 is 18.4 Å². The van der Waals surface area contributed by atoms with Crippen molar-refractivity contribution in [3.63, 3.8) is 0 Å². The van der Waals surface area contributed by atoms with E-state index in [1.165, 1.54) is 6.07 Å². The van der Waals surface area contributed by atoms with Crippen molar-refractivity contribution in [3.05, 3.63) is 65.2 Å². The summed E-state index contributed by atoms with van der Waals surface area (Å²) >= 11 is 0. The van der Waals surface area contributed by atoms with E-state index in [9.17, 15) is 18.4 Å². The summed E-state index contributed by atoms with van der Waals surface area (Å²) in [7, 11) is 0. The second kappa shape index (κ2) is 7.26. The zero-order chi connectivity index (χ0) is 16.8. The standard InChI is InChI=1S/C16H13F2N3O2/c1-10-2-5-12(6-3-10)20-15(22)16(23)21-19-9-11-4-7-13(17)14(18)8-11/h2-9H,1H3,(H,20,22)(H,21,23)/b19-9-. The number of aryl methyl sites for hydroxylation is 1. The van der Waals surface area contributed by atoms with Gasteiger partial charge in [0.1, 0.15) is 0 Å². The predicted octanol–water partition coefficient (Wildman–Crippen LogP) is 2.36. The van der Waals surface area contributed by atoms with Gasteiger partial charge in [0.05, 0.1) is 6.21 Å². The smallest absolute Gasteiger partial charge is 0.318 e. The fourth-order valence-electron chi connectivity index (χ4n) is 1.63. The van der Waals surface area contributed by atoms with Crippen LogP contribution in [0.1, 0.15) is 11.1 Å². The van der Waals surface area contributed by atoms with Crippen LogP contribution < -0.4 is 10.7 Å². The maximum Gasteiger partial charge on any atom is 0.329 e. The normalized spacial score (nSPS) is 10.6. The first kappa shape index (κ1) is 16.3. The average Bonchev–Trinajstić information content (AvgIpc) is 2.53. The predicted molar refractivity (Wildman–Crippen MR) is 81.9 cm³/mol. The highest BCUT2D eigenvalue weighted by Gasteiger charge is 2.12. The minimum absolute atomic E-state index is 0.239. The molecule has 0 fully saturated rings. The van der Waals surface area contributed by atoms with Crippen molar-refractivity contribution in [1.29, 1.82) is 0 Å². The van der Waals surface area contributed by atoms with E-state index >= 15 is 0 Å². The van der Waals surface area contributed by atoms with Crippen LogP contribution in [0.4, 0.5) is 14.5 Å². The van der Waals surface area contributed by atoms with Gasteiger partial charge in [0.15, 0.2) is 11.6 Å². The lowest BCUT2D eigenvalue weighted by Gasteiger charge is -2.04. The average molecular weight is 317 g/mol. The number of hydrogen-bond donors (Lipinski definition) is 2.